The second-order valence-electron chi connectivity index (χ2n) is 4.89. The standard InChI is InChI=1S/C12H11ClN6O/c13-11-15-10(7-2-1-5-19(7)18-11)14-9-6-8(16-17-9)12(20)3-4-12/h1-2,5-6,20H,3-4H2,(H2,14,15,16,17,18). The second-order valence-corrected chi connectivity index (χ2v) is 5.23. The normalized spacial score (nSPS) is 16.5. The molecule has 3 heterocycles. The Balaban J connectivity index is 1.70. The Hall–Kier alpha value is -2.12. The molecule has 0 amide bonds. The van der Waals surface area contributed by atoms with Crippen LogP contribution >= 0.6 is 11.6 Å². The summed E-state index contributed by atoms with van der Waals surface area (Å²) in [5, 5.41) is 24.3. The number of halogens is 1. The van der Waals surface area contributed by atoms with Gasteiger partial charge in [0.2, 0.25) is 5.28 Å². The number of hydrogen-bond donors (Lipinski definition) is 3. The predicted molar refractivity (Wildman–Crippen MR) is 73.0 cm³/mol. The molecular weight excluding hydrogens is 280 g/mol. The predicted octanol–water partition coefficient (Wildman–Crippen LogP) is 1.83. The Morgan fingerprint density at radius 2 is 2.30 bits per heavy atom. The Labute approximate surface area is 118 Å². The fourth-order valence-corrected chi connectivity index (χ4v) is 2.30. The topological polar surface area (TPSA) is 91.1 Å². The van der Waals surface area contributed by atoms with Gasteiger partial charge in [-0.05, 0) is 36.6 Å². The van der Waals surface area contributed by atoms with E-state index in [-0.39, 0.29) is 5.28 Å². The first kappa shape index (κ1) is 11.7. The molecule has 0 saturated heterocycles. The monoisotopic (exact) mass is 290 g/mol. The Bertz CT molecular complexity index is 790. The van der Waals surface area contributed by atoms with Crippen LogP contribution in [0.3, 0.4) is 0 Å². The number of nitrogens with zero attached hydrogens (tertiary/aromatic N) is 4. The maximum Gasteiger partial charge on any atom is 0.243 e. The zero-order valence-corrected chi connectivity index (χ0v) is 11.1. The summed E-state index contributed by atoms with van der Waals surface area (Å²) in [7, 11) is 0. The lowest BCUT2D eigenvalue weighted by molar-refractivity contribution is 0.146. The molecule has 4 rings (SSSR count). The summed E-state index contributed by atoms with van der Waals surface area (Å²) in [5.74, 6) is 1.15. The number of rotatable bonds is 3. The number of H-pyrrole nitrogens is 1. The molecule has 8 heteroatoms. The van der Waals surface area contributed by atoms with Gasteiger partial charge in [-0.15, -0.1) is 5.10 Å². The van der Waals surface area contributed by atoms with Gasteiger partial charge in [-0.25, -0.2) is 4.52 Å². The van der Waals surface area contributed by atoms with E-state index in [0.717, 1.165) is 18.4 Å². The summed E-state index contributed by atoms with van der Waals surface area (Å²) in [5.41, 5.74) is 0.774. The smallest absolute Gasteiger partial charge is 0.243 e. The van der Waals surface area contributed by atoms with E-state index >= 15 is 0 Å². The average molecular weight is 291 g/mol. The molecule has 0 radical (unpaired) electrons. The van der Waals surface area contributed by atoms with Gasteiger partial charge in [-0.3, -0.25) is 5.10 Å². The molecule has 102 valence electrons. The van der Waals surface area contributed by atoms with E-state index in [9.17, 15) is 5.11 Å². The summed E-state index contributed by atoms with van der Waals surface area (Å²) in [6.45, 7) is 0. The van der Waals surface area contributed by atoms with Gasteiger partial charge in [0.25, 0.3) is 0 Å². The number of anilines is 2. The number of hydrogen-bond acceptors (Lipinski definition) is 5. The fraction of sp³-hybridized carbons (Fsp3) is 0.250. The molecule has 0 spiro atoms. The number of aromatic nitrogens is 5. The van der Waals surface area contributed by atoms with Crippen molar-refractivity contribution in [1.29, 1.82) is 0 Å². The highest BCUT2D eigenvalue weighted by Crippen LogP contribution is 2.44. The van der Waals surface area contributed by atoms with Gasteiger partial charge in [0, 0.05) is 12.3 Å². The second kappa shape index (κ2) is 3.94. The van der Waals surface area contributed by atoms with E-state index in [4.69, 9.17) is 11.6 Å². The number of nitrogens with one attached hydrogen (secondary N) is 2. The summed E-state index contributed by atoms with van der Waals surface area (Å²) >= 11 is 5.88. The van der Waals surface area contributed by atoms with E-state index < -0.39 is 5.60 Å². The number of aromatic amines is 1. The van der Waals surface area contributed by atoms with Crippen LogP contribution in [0.15, 0.2) is 24.4 Å². The molecule has 3 N–H and O–H groups in total. The Morgan fingerprint density at radius 1 is 1.45 bits per heavy atom. The highest BCUT2D eigenvalue weighted by atomic mass is 35.5. The number of aliphatic hydroxyl groups is 1. The third-order valence-electron chi connectivity index (χ3n) is 3.41. The summed E-state index contributed by atoms with van der Waals surface area (Å²) < 4.78 is 1.64. The SMILES string of the molecule is OC1(c2cc(Nc3nc(Cl)nn4cccc34)n[nH]2)CC1. The van der Waals surface area contributed by atoms with E-state index in [2.05, 4.69) is 25.6 Å². The van der Waals surface area contributed by atoms with Gasteiger partial charge in [0.05, 0.1) is 5.69 Å². The van der Waals surface area contributed by atoms with E-state index in [1.807, 2.05) is 12.1 Å². The van der Waals surface area contributed by atoms with Gasteiger partial charge in [0.15, 0.2) is 11.6 Å². The van der Waals surface area contributed by atoms with Gasteiger partial charge >= 0.3 is 0 Å². The lowest BCUT2D eigenvalue weighted by Crippen LogP contribution is -2.04. The van der Waals surface area contributed by atoms with Crippen molar-refractivity contribution in [3.8, 4) is 0 Å². The van der Waals surface area contributed by atoms with Crippen molar-refractivity contribution < 1.29 is 5.11 Å². The maximum absolute atomic E-state index is 10.0. The molecule has 7 nitrogen and oxygen atoms in total. The Kier molecular flexibility index (Phi) is 2.30. The first-order valence-corrected chi connectivity index (χ1v) is 6.58. The van der Waals surface area contributed by atoms with Crippen LogP contribution in [-0.2, 0) is 5.60 Å². The number of fused-ring (bicyclic) bond motifs is 1. The van der Waals surface area contributed by atoms with Gasteiger partial charge in [0.1, 0.15) is 11.1 Å². The highest BCUT2D eigenvalue weighted by Gasteiger charge is 2.43. The van der Waals surface area contributed by atoms with Crippen molar-refractivity contribution in [2.45, 2.75) is 18.4 Å². The van der Waals surface area contributed by atoms with Crippen molar-refractivity contribution in [3.63, 3.8) is 0 Å². The third kappa shape index (κ3) is 1.83. The molecule has 1 aliphatic carbocycles. The van der Waals surface area contributed by atoms with Crippen molar-refractivity contribution in [3.05, 3.63) is 35.4 Å². The van der Waals surface area contributed by atoms with Crippen LogP contribution in [0, 0.1) is 0 Å². The van der Waals surface area contributed by atoms with Crippen molar-refractivity contribution in [1.82, 2.24) is 24.8 Å². The molecule has 0 atom stereocenters. The molecule has 1 fully saturated rings. The lowest BCUT2D eigenvalue weighted by Gasteiger charge is -2.05. The molecule has 0 bridgehead atoms. The summed E-state index contributed by atoms with van der Waals surface area (Å²) in [6.07, 6.45) is 3.31. The first-order chi connectivity index (χ1) is 9.64. The zero-order chi connectivity index (χ0) is 13.7. The summed E-state index contributed by atoms with van der Waals surface area (Å²) in [4.78, 5) is 4.16. The molecular formula is C12H11ClN6O. The largest absolute Gasteiger partial charge is 0.384 e. The lowest BCUT2D eigenvalue weighted by atomic mass is 10.2. The molecule has 3 aromatic heterocycles. The quantitative estimate of drug-likeness (QED) is 0.684. The van der Waals surface area contributed by atoms with Crippen molar-refractivity contribution in [2.75, 3.05) is 5.32 Å². The molecule has 1 saturated carbocycles. The molecule has 20 heavy (non-hydrogen) atoms. The minimum Gasteiger partial charge on any atom is -0.384 e. The maximum atomic E-state index is 10.0. The van der Waals surface area contributed by atoms with Crippen LogP contribution in [0.1, 0.15) is 18.5 Å². The van der Waals surface area contributed by atoms with E-state index in [0.29, 0.717) is 17.3 Å². The van der Waals surface area contributed by atoms with Crippen molar-refractivity contribution >= 4 is 28.8 Å². The fourth-order valence-electron chi connectivity index (χ4n) is 2.13. The molecule has 0 aliphatic heterocycles. The van der Waals surface area contributed by atoms with E-state index in [1.165, 1.54) is 0 Å². The minimum absolute atomic E-state index is 0.146. The van der Waals surface area contributed by atoms with Crippen LogP contribution in [0.2, 0.25) is 5.28 Å². The van der Waals surface area contributed by atoms with Gasteiger partial charge in [-0.2, -0.15) is 10.1 Å². The third-order valence-corrected chi connectivity index (χ3v) is 3.57. The Morgan fingerprint density at radius 3 is 3.10 bits per heavy atom. The van der Waals surface area contributed by atoms with Crippen molar-refractivity contribution in [2.24, 2.45) is 0 Å². The van der Waals surface area contributed by atoms with Crippen LogP contribution < -0.4 is 5.32 Å². The summed E-state index contributed by atoms with van der Waals surface area (Å²) in [6, 6.07) is 5.51. The van der Waals surface area contributed by atoms with Gasteiger partial charge < -0.3 is 10.4 Å². The highest BCUT2D eigenvalue weighted by molar-refractivity contribution is 6.28. The molecule has 0 aromatic carbocycles. The molecule has 3 aromatic rings. The first-order valence-electron chi connectivity index (χ1n) is 6.20. The minimum atomic E-state index is -0.735. The van der Waals surface area contributed by atoms with Crippen LogP contribution in [-0.4, -0.2) is 29.9 Å². The van der Waals surface area contributed by atoms with Gasteiger partial charge in [-0.1, -0.05) is 0 Å². The van der Waals surface area contributed by atoms with E-state index in [1.54, 1.807) is 16.8 Å². The average Bonchev–Trinajstić information content (AvgIpc) is 2.85. The van der Waals surface area contributed by atoms with Crippen LogP contribution in [0.4, 0.5) is 11.6 Å². The zero-order valence-electron chi connectivity index (χ0n) is 10.3. The van der Waals surface area contributed by atoms with Crippen LogP contribution in [0.5, 0.6) is 0 Å². The molecule has 1 aliphatic rings. The molecule has 0 unspecified atom stereocenters. The van der Waals surface area contributed by atoms with Crippen LogP contribution in [0.25, 0.3) is 5.52 Å².